The zero-order chi connectivity index (χ0) is 13.5. The standard InChI is InChI=1S/C14H20INO2/c1-4-18-13-8-6-5-7-11(13)14(17)16-12(9-15)10(2)3/h5-8,10,12H,4,9H2,1-3H3,(H,16,17). The number of alkyl halides is 1. The molecule has 1 aromatic carbocycles. The fourth-order valence-corrected chi connectivity index (χ4v) is 2.80. The largest absolute Gasteiger partial charge is 0.493 e. The summed E-state index contributed by atoms with van der Waals surface area (Å²) in [6.45, 7) is 6.69. The molecular weight excluding hydrogens is 341 g/mol. The summed E-state index contributed by atoms with van der Waals surface area (Å²) >= 11 is 2.30. The maximum Gasteiger partial charge on any atom is 0.255 e. The molecule has 0 heterocycles. The molecule has 3 nitrogen and oxygen atoms in total. The molecule has 0 saturated carbocycles. The molecule has 100 valence electrons. The Morgan fingerprint density at radius 3 is 2.61 bits per heavy atom. The second-order valence-corrected chi connectivity index (χ2v) is 5.29. The second kappa shape index (κ2) is 7.61. The highest BCUT2D eigenvalue weighted by Crippen LogP contribution is 2.18. The van der Waals surface area contributed by atoms with Gasteiger partial charge in [0.2, 0.25) is 0 Å². The summed E-state index contributed by atoms with van der Waals surface area (Å²) in [5.41, 5.74) is 0.606. The molecule has 0 aliphatic heterocycles. The van der Waals surface area contributed by atoms with Gasteiger partial charge in [-0.3, -0.25) is 4.79 Å². The minimum absolute atomic E-state index is 0.0607. The van der Waals surface area contributed by atoms with Crippen LogP contribution in [0.5, 0.6) is 5.75 Å². The van der Waals surface area contributed by atoms with Crippen LogP contribution in [0.15, 0.2) is 24.3 Å². The van der Waals surface area contributed by atoms with Crippen LogP contribution in [0.1, 0.15) is 31.1 Å². The van der Waals surface area contributed by atoms with Crippen LogP contribution in [0.25, 0.3) is 0 Å². The number of halogens is 1. The fourth-order valence-electron chi connectivity index (χ4n) is 1.57. The number of amides is 1. The van der Waals surface area contributed by atoms with Crippen LogP contribution in [0.3, 0.4) is 0 Å². The number of para-hydroxylation sites is 1. The number of benzene rings is 1. The summed E-state index contributed by atoms with van der Waals surface area (Å²) in [5.74, 6) is 1.01. The van der Waals surface area contributed by atoms with E-state index in [0.29, 0.717) is 23.8 Å². The highest BCUT2D eigenvalue weighted by atomic mass is 127. The van der Waals surface area contributed by atoms with Gasteiger partial charge in [-0.25, -0.2) is 0 Å². The van der Waals surface area contributed by atoms with E-state index in [1.54, 1.807) is 6.07 Å². The average Bonchev–Trinajstić information content (AvgIpc) is 2.36. The lowest BCUT2D eigenvalue weighted by atomic mass is 10.1. The second-order valence-electron chi connectivity index (χ2n) is 4.41. The molecule has 0 aliphatic carbocycles. The lowest BCUT2D eigenvalue weighted by molar-refractivity contribution is 0.0928. The maximum atomic E-state index is 12.2. The fraction of sp³-hybridized carbons (Fsp3) is 0.500. The van der Waals surface area contributed by atoms with Crippen molar-refractivity contribution < 1.29 is 9.53 Å². The number of hydrogen-bond acceptors (Lipinski definition) is 2. The molecule has 1 atom stereocenters. The molecule has 0 aliphatic rings. The van der Waals surface area contributed by atoms with E-state index < -0.39 is 0 Å². The lowest BCUT2D eigenvalue weighted by Gasteiger charge is -2.20. The Labute approximate surface area is 122 Å². The molecule has 1 N–H and O–H groups in total. The van der Waals surface area contributed by atoms with Crippen LogP contribution in [0, 0.1) is 5.92 Å². The first-order valence-corrected chi connectivity index (χ1v) is 7.71. The van der Waals surface area contributed by atoms with Crippen LogP contribution in [-0.2, 0) is 0 Å². The highest BCUT2D eigenvalue weighted by Gasteiger charge is 2.18. The third-order valence-electron chi connectivity index (χ3n) is 2.72. The Bertz CT molecular complexity index is 393. The molecule has 0 aromatic heterocycles. The van der Waals surface area contributed by atoms with E-state index in [1.807, 2.05) is 25.1 Å². The van der Waals surface area contributed by atoms with E-state index in [2.05, 4.69) is 41.8 Å². The lowest BCUT2D eigenvalue weighted by Crippen LogP contribution is -2.39. The topological polar surface area (TPSA) is 38.3 Å². The number of carbonyl (C=O) groups excluding carboxylic acids is 1. The van der Waals surface area contributed by atoms with Crippen LogP contribution in [0.2, 0.25) is 0 Å². The molecule has 1 unspecified atom stereocenters. The third kappa shape index (κ3) is 4.15. The van der Waals surface area contributed by atoms with Gasteiger partial charge in [-0.15, -0.1) is 0 Å². The molecule has 1 aromatic rings. The van der Waals surface area contributed by atoms with Gasteiger partial charge in [0.1, 0.15) is 5.75 Å². The Hall–Kier alpha value is -0.780. The van der Waals surface area contributed by atoms with Crippen molar-refractivity contribution >= 4 is 28.5 Å². The van der Waals surface area contributed by atoms with Gasteiger partial charge >= 0.3 is 0 Å². The zero-order valence-corrected chi connectivity index (χ0v) is 13.2. The van der Waals surface area contributed by atoms with Gasteiger partial charge in [0.05, 0.1) is 12.2 Å². The molecule has 0 bridgehead atoms. The van der Waals surface area contributed by atoms with Crippen molar-refractivity contribution in [2.45, 2.75) is 26.8 Å². The first kappa shape index (κ1) is 15.3. The smallest absolute Gasteiger partial charge is 0.255 e. The van der Waals surface area contributed by atoms with Crippen LogP contribution < -0.4 is 10.1 Å². The SMILES string of the molecule is CCOc1ccccc1C(=O)NC(CI)C(C)C. The first-order chi connectivity index (χ1) is 8.60. The summed E-state index contributed by atoms with van der Waals surface area (Å²) < 4.78 is 6.37. The van der Waals surface area contributed by atoms with Crippen LogP contribution >= 0.6 is 22.6 Å². The van der Waals surface area contributed by atoms with E-state index in [1.165, 1.54) is 0 Å². The van der Waals surface area contributed by atoms with Crippen molar-refractivity contribution in [1.29, 1.82) is 0 Å². The van der Waals surface area contributed by atoms with Gasteiger partial charge < -0.3 is 10.1 Å². The maximum absolute atomic E-state index is 12.2. The van der Waals surface area contributed by atoms with Crippen LogP contribution in [0.4, 0.5) is 0 Å². The van der Waals surface area contributed by atoms with E-state index in [4.69, 9.17) is 4.74 Å². The van der Waals surface area contributed by atoms with Crippen molar-refractivity contribution in [3.05, 3.63) is 29.8 Å². The highest BCUT2D eigenvalue weighted by molar-refractivity contribution is 14.1. The van der Waals surface area contributed by atoms with Gasteiger partial charge in [-0.2, -0.15) is 0 Å². The van der Waals surface area contributed by atoms with Gasteiger partial charge in [0.25, 0.3) is 5.91 Å². The van der Waals surface area contributed by atoms with Gasteiger partial charge in [-0.05, 0) is 25.0 Å². The monoisotopic (exact) mass is 361 g/mol. The molecule has 1 rings (SSSR count). The molecule has 18 heavy (non-hydrogen) atoms. The number of ether oxygens (including phenoxy) is 1. The molecule has 0 spiro atoms. The number of nitrogens with one attached hydrogen (secondary N) is 1. The van der Waals surface area contributed by atoms with E-state index >= 15 is 0 Å². The van der Waals surface area contributed by atoms with E-state index in [-0.39, 0.29) is 11.9 Å². The van der Waals surface area contributed by atoms with Crippen LogP contribution in [-0.4, -0.2) is 23.0 Å². The zero-order valence-electron chi connectivity index (χ0n) is 11.1. The molecule has 1 amide bonds. The minimum Gasteiger partial charge on any atom is -0.493 e. The predicted molar refractivity (Wildman–Crippen MR) is 82.6 cm³/mol. The third-order valence-corrected chi connectivity index (χ3v) is 3.67. The normalized spacial score (nSPS) is 12.3. The summed E-state index contributed by atoms with van der Waals surface area (Å²) in [6, 6.07) is 7.54. The molecule has 0 fully saturated rings. The molecule has 0 saturated heterocycles. The Morgan fingerprint density at radius 1 is 1.39 bits per heavy atom. The van der Waals surface area contributed by atoms with E-state index in [9.17, 15) is 4.79 Å². The minimum atomic E-state index is -0.0607. The molecule has 4 heteroatoms. The van der Waals surface area contributed by atoms with Gasteiger partial charge in [-0.1, -0.05) is 48.6 Å². The Balaban J connectivity index is 2.83. The summed E-state index contributed by atoms with van der Waals surface area (Å²) in [5, 5.41) is 3.05. The van der Waals surface area contributed by atoms with Crippen molar-refractivity contribution in [1.82, 2.24) is 5.32 Å². The number of hydrogen-bond donors (Lipinski definition) is 1. The number of rotatable bonds is 6. The summed E-state index contributed by atoms with van der Waals surface area (Å²) in [4.78, 5) is 12.2. The average molecular weight is 361 g/mol. The molecular formula is C14H20INO2. The van der Waals surface area contributed by atoms with Crippen molar-refractivity contribution in [2.24, 2.45) is 5.92 Å². The van der Waals surface area contributed by atoms with Crippen molar-refractivity contribution in [3.63, 3.8) is 0 Å². The Kier molecular flexibility index (Phi) is 6.46. The molecule has 0 radical (unpaired) electrons. The van der Waals surface area contributed by atoms with Crippen molar-refractivity contribution in [3.8, 4) is 5.75 Å². The summed E-state index contributed by atoms with van der Waals surface area (Å²) in [6.07, 6.45) is 0. The first-order valence-electron chi connectivity index (χ1n) is 6.18. The van der Waals surface area contributed by atoms with Crippen molar-refractivity contribution in [2.75, 3.05) is 11.0 Å². The van der Waals surface area contributed by atoms with Gasteiger partial charge in [0.15, 0.2) is 0 Å². The quantitative estimate of drug-likeness (QED) is 0.624. The number of carbonyl (C=O) groups is 1. The van der Waals surface area contributed by atoms with E-state index in [0.717, 1.165) is 4.43 Å². The Morgan fingerprint density at radius 2 is 2.06 bits per heavy atom. The summed E-state index contributed by atoms with van der Waals surface area (Å²) in [7, 11) is 0. The predicted octanol–water partition coefficient (Wildman–Crippen LogP) is 3.27. The van der Waals surface area contributed by atoms with Gasteiger partial charge in [0, 0.05) is 10.5 Å².